The number of hydrogen-bond donors (Lipinski definition) is 4. The van der Waals surface area contributed by atoms with Gasteiger partial charge in [-0.2, -0.15) is 0 Å². The summed E-state index contributed by atoms with van der Waals surface area (Å²) in [5, 5.41) is 23.4. The zero-order valence-corrected chi connectivity index (χ0v) is 14.5. The van der Waals surface area contributed by atoms with Crippen LogP contribution in [0.3, 0.4) is 0 Å². The molecule has 5 N–H and O–H groups in total. The van der Waals surface area contributed by atoms with E-state index < -0.39 is 29.5 Å². The molecular weight excluding hydrogens is 324 g/mol. The lowest BCUT2D eigenvalue weighted by Crippen LogP contribution is -2.45. The third-order valence-corrected chi connectivity index (χ3v) is 4.32. The molecule has 0 aliphatic heterocycles. The second-order valence-corrected chi connectivity index (χ2v) is 6.06. The van der Waals surface area contributed by atoms with Crippen LogP contribution in [0.5, 0.6) is 0 Å². The normalized spacial score (nSPS) is 14.8. The Morgan fingerprint density at radius 1 is 1.12 bits per heavy atom. The second-order valence-electron chi connectivity index (χ2n) is 6.06. The Balaban J connectivity index is 2.14. The van der Waals surface area contributed by atoms with E-state index in [1.54, 1.807) is 31.2 Å². The van der Waals surface area contributed by atoms with Crippen LogP contribution in [0.2, 0.25) is 0 Å². The summed E-state index contributed by atoms with van der Waals surface area (Å²) >= 11 is 0. The summed E-state index contributed by atoms with van der Waals surface area (Å²) in [6, 6.07) is 7.88. The first-order chi connectivity index (χ1) is 11.8. The van der Waals surface area contributed by atoms with Crippen molar-refractivity contribution in [3.63, 3.8) is 0 Å². The lowest BCUT2D eigenvalue weighted by Gasteiger charge is -2.25. The van der Waals surface area contributed by atoms with Crippen LogP contribution in [0, 0.1) is 6.92 Å². The van der Waals surface area contributed by atoms with Crippen LogP contribution >= 0.6 is 0 Å². The summed E-state index contributed by atoms with van der Waals surface area (Å²) in [6.07, 6.45) is -2.12. The van der Waals surface area contributed by atoms with E-state index in [0.29, 0.717) is 16.9 Å². The van der Waals surface area contributed by atoms with E-state index in [-0.39, 0.29) is 6.54 Å². The maximum atomic E-state index is 12.0. The van der Waals surface area contributed by atoms with Crippen LogP contribution in [0.25, 0.3) is 0 Å². The standard InChI is InChI=1S/C17H24N4O4/c1-10-15(20(2)17(25)21(3)16(10)24)19-9-12(22)13(18)14(23)11-7-5-4-6-8-11/h4-8,12-14,19,22-23H,9,18H2,1-3H3. The molecule has 8 nitrogen and oxygen atoms in total. The highest BCUT2D eigenvalue weighted by molar-refractivity contribution is 5.43. The minimum Gasteiger partial charge on any atom is -0.390 e. The summed E-state index contributed by atoms with van der Waals surface area (Å²) in [7, 11) is 2.94. The number of nitrogens with zero attached hydrogens (tertiary/aromatic N) is 2. The van der Waals surface area contributed by atoms with Crippen LogP contribution in [-0.4, -0.2) is 38.0 Å². The number of rotatable bonds is 6. The van der Waals surface area contributed by atoms with Gasteiger partial charge < -0.3 is 21.3 Å². The molecule has 8 heteroatoms. The van der Waals surface area contributed by atoms with E-state index in [9.17, 15) is 19.8 Å². The SMILES string of the molecule is Cc1c(NCC(O)C(N)C(O)c2ccccc2)n(C)c(=O)n(C)c1=O. The number of aromatic nitrogens is 2. The Morgan fingerprint density at radius 2 is 1.72 bits per heavy atom. The van der Waals surface area contributed by atoms with Gasteiger partial charge in [-0.25, -0.2) is 4.79 Å². The van der Waals surface area contributed by atoms with E-state index in [4.69, 9.17) is 5.73 Å². The zero-order chi connectivity index (χ0) is 18.7. The molecule has 25 heavy (non-hydrogen) atoms. The molecule has 0 saturated carbocycles. The zero-order valence-electron chi connectivity index (χ0n) is 14.5. The predicted molar refractivity (Wildman–Crippen MR) is 95.5 cm³/mol. The molecule has 0 bridgehead atoms. The smallest absolute Gasteiger partial charge is 0.332 e. The van der Waals surface area contributed by atoms with Gasteiger partial charge in [0, 0.05) is 20.6 Å². The van der Waals surface area contributed by atoms with E-state index in [1.807, 2.05) is 6.07 Å². The van der Waals surface area contributed by atoms with Gasteiger partial charge in [-0.15, -0.1) is 0 Å². The molecule has 0 aliphatic carbocycles. The fraction of sp³-hybridized carbons (Fsp3) is 0.412. The molecular formula is C17H24N4O4. The van der Waals surface area contributed by atoms with Gasteiger partial charge in [0.05, 0.1) is 23.8 Å². The van der Waals surface area contributed by atoms with Gasteiger partial charge in [0.15, 0.2) is 0 Å². The van der Waals surface area contributed by atoms with Crippen LogP contribution in [0.15, 0.2) is 39.9 Å². The maximum absolute atomic E-state index is 12.0. The average molecular weight is 348 g/mol. The average Bonchev–Trinajstić information content (AvgIpc) is 2.64. The number of hydrogen-bond acceptors (Lipinski definition) is 6. The highest BCUT2D eigenvalue weighted by atomic mass is 16.3. The molecule has 0 radical (unpaired) electrons. The summed E-state index contributed by atoms with van der Waals surface area (Å²) in [5.41, 5.74) is 6.02. The first-order valence-electron chi connectivity index (χ1n) is 7.92. The van der Waals surface area contributed by atoms with Crippen molar-refractivity contribution >= 4 is 5.82 Å². The Hall–Kier alpha value is -2.42. The minimum absolute atomic E-state index is 0.0215. The van der Waals surface area contributed by atoms with Crippen LogP contribution in [0.1, 0.15) is 17.2 Å². The summed E-state index contributed by atoms with van der Waals surface area (Å²) < 4.78 is 2.31. The van der Waals surface area contributed by atoms with Gasteiger partial charge in [-0.3, -0.25) is 13.9 Å². The minimum atomic E-state index is -1.09. The lowest BCUT2D eigenvalue weighted by molar-refractivity contribution is 0.0618. The van der Waals surface area contributed by atoms with Crippen molar-refractivity contribution in [1.29, 1.82) is 0 Å². The topological polar surface area (TPSA) is 123 Å². The van der Waals surface area contributed by atoms with E-state index >= 15 is 0 Å². The molecule has 0 saturated heterocycles. The molecule has 0 aliphatic rings. The maximum Gasteiger partial charge on any atom is 0.332 e. The Labute approximate surface area is 145 Å². The molecule has 1 heterocycles. The Kier molecular flexibility index (Phi) is 5.78. The van der Waals surface area contributed by atoms with Crippen LogP contribution < -0.4 is 22.3 Å². The first-order valence-corrected chi connectivity index (χ1v) is 7.92. The van der Waals surface area contributed by atoms with Crippen LogP contribution in [0.4, 0.5) is 5.82 Å². The molecule has 136 valence electrons. The number of benzene rings is 1. The molecule has 3 atom stereocenters. The van der Waals surface area contributed by atoms with Gasteiger partial charge in [0.1, 0.15) is 5.82 Å². The van der Waals surface area contributed by atoms with Crippen LogP contribution in [-0.2, 0) is 14.1 Å². The highest BCUT2D eigenvalue weighted by Crippen LogP contribution is 2.17. The third kappa shape index (κ3) is 3.81. The number of aliphatic hydroxyl groups is 2. The molecule has 1 aromatic carbocycles. The van der Waals surface area contributed by atoms with Gasteiger partial charge in [0.25, 0.3) is 5.56 Å². The van der Waals surface area contributed by atoms with E-state index in [1.165, 1.54) is 18.7 Å². The van der Waals surface area contributed by atoms with Crippen molar-refractivity contribution in [2.24, 2.45) is 19.8 Å². The molecule has 2 aromatic rings. The predicted octanol–water partition coefficient (Wildman–Crippen LogP) is -0.774. The quantitative estimate of drug-likeness (QED) is 0.543. The number of anilines is 1. The van der Waals surface area contributed by atoms with Crippen molar-refractivity contribution in [2.75, 3.05) is 11.9 Å². The number of nitrogens with one attached hydrogen (secondary N) is 1. The van der Waals surface area contributed by atoms with Crippen molar-refractivity contribution in [2.45, 2.75) is 25.2 Å². The fourth-order valence-electron chi connectivity index (χ4n) is 2.68. The summed E-state index contributed by atoms with van der Waals surface area (Å²) in [6.45, 7) is 1.57. The second kappa shape index (κ2) is 7.64. The van der Waals surface area contributed by atoms with Crippen molar-refractivity contribution in [3.8, 4) is 0 Å². The lowest BCUT2D eigenvalue weighted by atomic mass is 9.98. The highest BCUT2D eigenvalue weighted by Gasteiger charge is 2.25. The molecule has 0 fully saturated rings. The summed E-state index contributed by atoms with van der Waals surface area (Å²) in [4.78, 5) is 24.0. The third-order valence-electron chi connectivity index (χ3n) is 4.32. The van der Waals surface area contributed by atoms with E-state index in [0.717, 1.165) is 4.57 Å². The largest absolute Gasteiger partial charge is 0.390 e. The molecule has 1 aromatic heterocycles. The molecule has 0 amide bonds. The van der Waals surface area contributed by atoms with Crippen molar-refractivity contribution in [3.05, 3.63) is 62.3 Å². The van der Waals surface area contributed by atoms with Gasteiger partial charge in [-0.05, 0) is 12.5 Å². The summed E-state index contributed by atoms with van der Waals surface area (Å²) in [5.74, 6) is 0.313. The number of nitrogens with two attached hydrogens (primary N) is 1. The van der Waals surface area contributed by atoms with Crippen molar-refractivity contribution in [1.82, 2.24) is 9.13 Å². The molecule has 3 unspecified atom stereocenters. The van der Waals surface area contributed by atoms with Crippen molar-refractivity contribution < 1.29 is 10.2 Å². The Bertz CT molecular complexity index is 807. The van der Waals surface area contributed by atoms with E-state index in [2.05, 4.69) is 5.32 Å². The molecule has 0 spiro atoms. The Morgan fingerprint density at radius 3 is 2.32 bits per heavy atom. The number of aliphatic hydroxyl groups excluding tert-OH is 2. The van der Waals surface area contributed by atoms with Gasteiger partial charge in [0.2, 0.25) is 0 Å². The fourth-order valence-corrected chi connectivity index (χ4v) is 2.68. The van der Waals surface area contributed by atoms with Gasteiger partial charge in [-0.1, -0.05) is 30.3 Å². The van der Waals surface area contributed by atoms with Gasteiger partial charge >= 0.3 is 5.69 Å². The molecule has 2 rings (SSSR count). The monoisotopic (exact) mass is 348 g/mol. The first kappa shape index (κ1) is 18.9.